The predicted octanol–water partition coefficient (Wildman–Crippen LogP) is 4.69. The van der Waals surface area contributed by atoms with Crippen LogP contribution in [-0.4, -0.2) is 7.11 Å². The summed E-state index contributed by atoms with van der Waals surface area (Å²) in [6.07, 6.45) is 0. The number of aryl methyl sites for hydroxylation is 2. The summed E-state index contributed by atoms with van der Waals surface area (Å²) in [4.78, 5) is 0. The van der Waals surface area contributed by atoms with Crippen LogP contribution < -0.4 is 10.1 Å². The van der Waals surface area contributed by atoms with Crippen LogP contribution in [0.1, 0.15) is 16.7 Å². The lowest BCUT2D eigenvalue weighted by Gasteiger charge is -2.11. The molecule has 100 valence electrons. The van der Waals surface area contributed by atoms with Gasteiger partial charge in [-0.2, -0.15) is 0 Å². The molecule has 0 aromatic heterocycles. The fourth-order valence-corrected chi connectivity index (χ4v) is 2.41. The number of anilines is 1. The molecule has 3 heteroatoms. The van der Waals surface area contributed by atoms with Gasteiger partial charge in [0.1, 0.15) is 5.75 Å². The zero-order chi connectivity index (χ0) is 13.8. The van der Waals surface area contributed by atoms with Gasteiger partial charge in [0.25, 0.3) is 0 Å². The molecular formula is C16H18BrNO. The molecule has 19 heavy (non-hydrogen) atoms. The van der Waals surface area contributed by atoms with E-state index in [4.69, 9.17) is 4.74 Å². The van der Waals surface area contributed by atoms with E-state index < -0.39 is 0 Å². The Balaban J connectivity index is 2.10. The smallest absolute Gasteiger partial charge is 0.121 e. The second-order valence-corrected chi connectivity index (χ2v) is 5.50. The van der Waals surface area contributed by atoms with Crippen molar-refractivity contribution in [3.63, 3.8) is 0 Å². The molecule has 0 saturated carbocycles. The molecule has 2 nitrogen and oxygen atoms in total. The zero-order valence-electron chi connectivity index (χ0n) is 11.5. The molecule has 0 fully saturated rings. The van der Waals surface area contributed by atoms with Crippen LogP contribution in [0, 0.1) is 13.8 Å². The van der Waals surface area contributed by atoms with E-state index in [0.29, 0.717) is 0 Å². The minimum absolute atomic E-state index is 0.798. The van der Waals surface area contributed by atoms with Gasteiger partial charge in [0, 0.05) is 16.7 Å². The molecule has 0 saturated heterocycles. The summed E-state index contributed by atoms with van der Waals surface area (Å²) in [7, 11) is 1.70. The second kappa shape index (κ2) is 6.11. The molecule has 0 atom stereocenters. The molecule has 2 aromatic rings. The molecule has 0 aliphatic rings. The minimum Gasteiger partial charge on any atom is -0.496 e. The van der Waals surface area contributed by atoms with Gasteiger partial charge in [-0.1, -0.05) is 18.2 Å². The molecule has 0 unspecified atom stereocenters. The molecule has 0 heterocycles. The van der Waals surface area contributed by atoms with E-state index in [2.05, 4.69) is 65.4 Å². The van der Waals surface area contributed by atoms with E-state index in [1.165, 1.54) is 11.1 Å². The van der Waals surface area contributed by atoms with Crippen LogP contribution in [0.4, 0.5) is 5.69 Å². The first-order chi connectivity index (χ1) is 9.10. The number of hydrogen-bond acceptors (Lipinski definition) is 2. The SMILES string of the molecule is COc1ccc(CNc2cc(C)ccc2Br)cc1C. The average molecular weight is 320 g/mol. The number of halogens is 1. The highest BCUT2D eigenvalue weighted by Gasteiger charge is 2.02. The first-order valence-electron chi connectivity index (χ1n) is 6.23. The number of rotatable bonds is 4. The predicted molar refractivity (Wildman–Crippen MR) is 83.9 cm³/mol. The van der Waals surface area contributed by atoms with Crippen LogP contribution >= 0.6 is 15.9 Å². The standard InChI is InChI=1S/C16H18BrNO/c1-11-4-6-14(17)15(8-11)18-10-13-5-7-16(19-3)12(2)9-13/h4-9,18H,10H2,1-3H3. The highest BCUT2D eigenvalue weighted by molar-refractivity contribution is 9.10. The first kappa shape index (κ1) is 13.9. The first-order valence-corrected chi connectivity index (χ1v) is 7.03. The molecule has 0 radical (unpaired) electrons. The van der Waals surface area contributed by atoms with Gasteiger partial charge in [0.2, 0.25) is 0 Å². The Bertz CT molecular complexity index is 581. The van der Waals surface area contributed by atoms with Gasteiger partial charge in [0.15, 0.2) is 0 Å². The van der Waals surface area contributed by atoms with Crippen molar-refractivity contribution in [2.45, 2.75) is 20.4 Å². The highest BCUT2D eigenvalue weighted by Crippen LogP contribution is 2.24. The van der Waals surface area contributed by atoms with Crippen LogP contribution in [0.3, 0.4) is 0 Å². The van der Waals surface area contributed by atoms with Crippen LogP contribution in [0.2, 0.25) is 0 Å². The quantitative estimate of drug-likeness (QED) is 0.883. The summed E-state index contributed by atoms with van der Waals surface area (Å²) in [5, 5.41) is 3.45. The Labute approximate surface area is 122 Å². The number of methoxy groups -OCH3 is 1. The summed E-state index contributed by atoms with van der Waals surface area (Å²) >= 11 is 3.56. The number of benzene rings is 2. The lowest BCUT2D eigenvalue weighted by Crippen LogP contribution is -2.01. The molecule has 0 amide bonds. The molecule has 0 aliphatic heterocycles. The van der Waals surface area contributed by atoms with Crippen molar-refractivity contribution in [3.8, 4) is 5.75 Å². The third-order valence-electron chi connectivity index (χ3n) is 3.06. The maximum Gasteiger partial charge on any atom is 0.121 e. The van der Waals surface area contributed by atoms with Gasteiger partial charge in [-0.05, 0) is 64.7 Å². The van der Waals surface area contributed by atoms with Crippen LogP contribution in [0.15, 0.2) is 40.9 Å². The Morgan fingerprint density at radius 2 is 1.89 bits per heavy atom. The van der Waals surface area contributed by atoms with Gasteiger partial charge >= 0.3 is 0 Å². The fourth-order valence-electron chi connectivity index (χ4n) is 2.02. The third-order valence-corrected chi connectivity index (χ3v) is 3.76. The molecule has 0 aliphatic carbocycles. The van der Waals surface area contributed by atoms with Gasteiger partial charge < -0.3 is 10.1 Å². The van der Waals surface area contributed by atoms with Crippen molar-refractivity contribution in [1.82, 2.24) is 0 Å². The molecule has 1 N–H and O–H groups in total. The minimum atomic E-state index is 0.798. The Kier molecular flexibility index (Phi) is 4.48. The van der Waals surface area contributed by atoms with E-state index in [1.54, 1.807) is 7.11 Å². The topological polar surface area (TPSA) is 21.3 Å². The Morgan fingerprint density at radius 3 is 2.58 bits per heavy atom. The van der Waals surface area contributed by atoms with Crippen molar-refractivity contribution in [1.29, 1.82) is 0 Å². The van der Waals surface area contributed by atoms with E-state index in [1.807, 2.05) is 6.07 Å². The lowest BCUT2D eigenvalue weighted by atomic mass is 10.1. The third kappa shape index (κ3) is 3.51. The van der Waals surface area contributed by atoms with Gasteiger partial charge in [0.05, 0.1) is 7.11 Å². The van der Waals surface area contributed by atoms with Crippen molar-refractivity contribution in [2.24, 2.45) is 0 Å². The van der Waals surface area contributed by atoms with E-state index in [0.717, 1.165) is 28.0 Å². The monoisotopic (exact) mass is 319 g/mol. The van der Waals surface area contributed by atoms with Crippen molar-refractivity contribution >= 4 is 21.6 Å². The summed E-state index contributed by atoms with van der Waals surface area (Å²) < 4.78 is 6.36. The average Bonchev–Trinajstić information content (AvgIpc) is 2.40. The molecule has 0 spiro atoms. The summed E-state index contributed by atoms with van der Waals surface area (Å²) in [6.45, 7) is 4.95. The van der Waals surface area contributed by atoms with E-state index in [9.17, 15) is 0 Å². The normalized spacial score (nSPS) is 10.3. The maximum atomic E-state index is 5.27. The van der Waals surface area contributed by atoms with Crippen molar-refractivity contribution in [3.05, 3.63) is 57.6 Å². The van der Waals surface area contributed by atoms with E-state index in [-0.39, 0.29) is 0 Å². The largest absolute Gasteiger partial charge is 0.496 e. The maximum absolute atomic E-state index is 5.27. The van der Waals surface area contributed by atoms with Crippen molar-refractivity contribution in [2.75, 3.05) is 12.4 Å². The van der Waals surface area contributed by atoms with Crippen LogP contribution in [0.25, 0.3) is 0 Å². The summed E-state index contributed by atoms with van der Waals surface area (Å²) in [5.74, 6) is 0.931. The van der Waals surface area contributed by atoms with Gasteiger partial charge in [-0.25, -0.2) is 0 Å². The second-order valence-electron chi connectivity index (χ2n) is 4.64. The number of ether oxygens (including phenoxy) is 1. The molecule has 2 rings (SSSR count). The number of hydrogen-bond donors (Lipinski definition) is 1. The summed E-state index contributed by atoms with van der Waals surface area (Å²) in [6, 6.07) is 12.5. The zero-order valence-corrected chi connectivity index (χ0v) is 13.0. The van der Waals surface area contributed by atoms with Gasteiger partial charge in [-0.3, -0.25) is 0 Å². The molecule has 2 aromatic carbocycles. The van der Waals surface area contributed by atoms with Crippen LogP contribution in [0.5, 0.6) is 5.75 Å². The fraction of sp³-hybridized carbons (Fsp3) is 0.250. The Hall–Kier alpha value is -1.48. The molecule has 0 bridgehead atoms. The Morgan fingerprint density at radius 1 is 1.11 bits per heavy atom. The van der Waals surface area contributed by atoms with Crippen LogP contribution in [-0.2, 0) is 6.54 Å². The van der Waals surface area contributed by atoms with Crippen molar-refractivity contribution < 1.29 is 4.74 Å². The van der Waals surface area contributed by atoms with Gasteiger partial charge in [-0.15, -0.1) is 0 Å². The highest BCUT2D eigenvalue weighted by atomic mass is 79.9. The summed E-state index contributed by atoms with van der Waals surface area (Å²) in [5.41, 5.74) is 4.77. The number of nitrogens with one attached hydrogen (secondary N) is 1. The molecular weight excluding hydrogens is 302 g/mol. The van der Waals surface area contributed by atoms with E-state index >= 15 is 0 Å². The lowest BCUT2D eigenvalue weighted by molar-refractivity contribution is 0.411.